The van der Waals surface area contributed by atoms with Crippen molar-refractivity contribution in [2.75, 3.05) is 36.4 Å². The molecule has 0 radical (unpaired) electrons. The third-order valence-corrected chi connectivity index (χ3v) is 5.93. The predicted octanol–water partition coefficient (Wildman–Crippen LogP) is 4.59. The van der Waals surface area contributed by atoms with Gasteiger partial charge in [0.25, 0.3) is 0 Å². The highest BCUT2D eigenvalue weighted by molar-refractivity contribution is 6.30. The monoisotopic (exact) mass is 397 g/mol. The molecule has 148 valence electrons. The molecule has 1 saturated carbocycles. The first-order valence-electron chi connectivity index (χ1n) is 10.3. The second kappa shape index (κ2) is 8.97. The van der Waals surface area contributed by atoms with Gasteiger partial charge in [0.15, 0.2) is 0 Å². The van der Waals surface area contributed by atoms with Gasteiger partial charge >= 0.3 is 0 Å². The van der Waals surface area contributed by atoms with Crippen molar-refractivity contribution in [1.29, 1.82) is 0 Å². The molecule has 1 aliphatic heterocycles. The maximum absolute atomic E-state index is 12.2. The normalized spacial score (nSPS) is 17.5. The molecule has 28 heavy (non-hydrogen) atoms. The number of benzene rings is 2. The van der Waals surface area contributed by atoms with Gasteiger partial charge in [-0.25, -0.2) is 0 Å². The lowest BCUT2D eigenvalue weighted by atomic mass is 10.1. The number of rotatable bonds is 7. The number of carbonyl (C=O) groups is 1. The number of hydrogen-bond donors (Lipinski definition) is 1. The number of aryl methyl sites for hydroxylation is 1. The summed E-state index contributed by atoms with van der Waals surface area (Å²) in [5, 5.41) is 3.76. The van der Waals surface area contributed by atoms with Crippen molar-refractivity contribution >= 4 is 28.9 Å². The fourth-order valence-corrected chi connectivity index (χ4v) is 3.99. The minimum absolute atomic E-state index is 0.0692. The van der Waals surface area contributed by atoms with Gasteiger partial charge in [-0.15, -0.1) is 0 Å². The Bertz CT molecular complexity index is 778. The van der Waals surface area contributed by atoms with E-state index in [0.29, 0.717) is 6.42 Å². The van der Waals surface area contributed by atoms with E-state index in [4.69, 9.17) is 11.6 Å². The second-order valence-corrected chi connectivity index (χ2v) is 8.27. The van der Waals surface area contributed by atoms with Crippen LogP contribution >= 0.6 is 11.6 Å². The van der Waals surface area contributed by atoms with Crippen molar-refractivity contribution in [3.63, 3.8) is 0 Å². The summed E-state index contributed by atoms with van der Waals surface area (Å²) in [5.74, 6) is 0.0692. The molecule has 1 heterocycles. The predicted molar refractivity (Wildman–Crippen MR) is 116 cm³/mol. The third kappa shape index (κ3) is 5.27. The van der Waals surface area contributed by atoms with E-state index in [9.17, 15) is 4.79 Å². The Morgan fingerprint density at radius 1 is 0.964 bits per heavy atom. The molecule has 1 aliphatic carbocycles. The Kier molecular flexibility index (Phi) is 6.18. The highest BCUT2D eigenvalue weighted by Gasteiger charge is 2.31. The Labute approximate surface area is 172 Å². The van der Waals surface area contributed by atoms with Crippen molar-refractivity contribution in [2.24, 2.45) is 0 Å². The van der Waals surface area contributed by atoms with E-state index >= 15 is 0 Å². The molecule has 1 saturated heterocycles. The van der Waals surface area contributed by atoms with Gasteiger partial charge in [0, 0.05) is 55.0 Å². The Morgan fingerprint density at radius 2 is 1.64 bits per heavy atom. The first-order chi connectivity index (χ1) is 13.7. The number of nitrogens with one attached hydrogen (secondary N) is 1. The second-order valence-electron chi connectivity index (χ2n) is 7.83. The molecule has 0 spiro atoms. The summed E-state index contributed by atoms with van der Waals surface area (Å²) in [7, 11) is 0. The summed E-state index contributed by atoms with van der Waals surface area (Å²) in [4.78, 5) is 17.3. The van der Waals surface area contributed by atoms with Crippen LogP contribution in [-0.4, -0.2) is 43.0 Å². The van der Waals surface area contributed by atoms with Crippen molar-refractivity contribution in [1.82, 2.24) is 4.90 Å². The average Bonchev–Trinajstić information content (AvgIpc) is 3.56. The maximum atomic E-state index is 12.2. The largest absolute Gasteiger partial charge is 0.369 e. The smallest absolute Gasteiger partial charge is 0.224 e. The molecular weight excluding hydrogens is 370 g/mol. The van der Waals surface area contributed by atoms with Crippen molar-refractivity contribution in [3.8, 4) is 0 Å². The first kappa shape index (κ1) is 19.3. The molecule has 1 N–H and O–H groups in total. The van der Waals surface area contributed by atoms with Crippen LogP contribution in [0.15, 0.2) is 48.5 Å². The fraction of sp³-hybridized carbons (Fsp3) is 0.435. The molecule has 0 aromatic heterocycles. The van der Waals surface area contributed by atoms with Gasteiger partial charge in [0.1, 0.15) is 0 Å². The van der Waals surface area contributed by atoms with E-state index in [1.54, 1.807) is 0 Å². The first-order valence-corrected chi connectivity index (χ1v) is 10.7. The van der Waals surface area contributed by atoms with Crippen LogP contribution in [0.5, 0.6) is 0 Å². The Balaban J connectivity index is 1.20. The van der Waals surface area contributed by atoms with Gasteiger partial charge in [-0.05, 0) is 67.6 Å². The molecule has 0 unspecified atom stereocenters. The van der Waals surface area contributed by atoms with Crippen LogP contribution in [0, 0.1) is 0 Å². The van der Waals surface area contributed by atoms with Crippen molar-refractivity contribution in [2.45, 2.75) is 38.1 Å². The molecule has 2 aromatic carbocycles. The zero-order valence-corrected chi connectivity index (χ0v) is 17.0. The van der Waals surface area contributed by atoms with E-state index < -0.39 is 0 Å². The van der Waals surface area contributed by atoms with E-state index in [1.165, 1.54) is 24.1 Å². The standard InChI is InChI=1S/C23H28ClN3O/c24-19-6-4-18(5-7-19)2-1-3-23(28)25-20-8-10-21(11-9-20)26-14-16-27(17-15-26)22-12-13-22/h4-11,22H,1-3,12-17H2,(H,25,28). The van der Waals surface area contributed by atoms with Gasteiger partial charge in [-0.3, -0.25) is 9.69 Å². The summed E-state index contributed by atoms with van der Waals surface area (Å²) in [6, 6.07) is 17.0. The van der Waals surface area contributed by atoms with Crippen LogP contribution in [0.25, 0.3) is 0 Å². The molecule has 2 aliphatic rings. The molecule has 1 amide bonds. The summed E-state index contributed by atoms with van der Waals surface area (Å²) in [5.41, 5.74) is 3.33. The van der Waals surface area contributed by atoms with Crippen molar-refractivity contribution in [3.05, 3.63) is 59.1 Å². The average molecular weight is 398 g/mol. The Hall–Kier alpha value is -2.04. The molecule has 4 nitrogen and oxygen atoms in total. The summed E-state index contributed by atoms with van der Waals surface area (Å²) >= 11 is 5.90. The number of amides is 1. The minimum atomic E-state index is 0.0692. The van der Waals surface area contributed by atoms with Crippen LogP contribution in [-0.2, 0) is 11.2 Å². The van der Waals surface area contributed by atoms with Crippen LogP contribution in [0.1, 0.15) is 31.2 Å². The van der Waals surface area contributed by atoms with E-state index in [0.717, 1.165) is 55.8 Å². The van der Waals surface area contributed by atoms with Crippen molar-refractivity contribution < 1.29 is 4.79 Å². The number of piperazine rings is 1. The molecule has 4 rings (SSSR count). The molecule has 5 heteroatoms. The van der Waals surface area contributed by atoms with Gasteiger partial charge in [-0.2, -0.15) is 0 Å². The van der Waals surface area contributed by atoms with Crippen LogP contribution < -0.4 is 10.2 Å². The lowest BCUT2D eigenvalue weighted by Crippen LogP contribution is -2.47. The minimum Gasteiger partial charge on any atom is -0.369 e. The van der Waals surface area contributed by atoms with E-state index in [-0.39, 0.29) is 5.91 Å². The zero-order valence-electron chi connectivity index (χ0n) is 16.2. The summed E-state index contributed by atoms with van der Waals surface area (Å²) in [6.07, 6.45) is 5.00. The highest BCUT2D eigenvalue weighted by atomic mass is 35.5. The highest BCUT2D eigenvalue weighted by Crippen LogP contribution is 2.28. The van der Waals surface area contributed by atoms with E-state index in [2.05, 4.69) is 27.2 Å². The lowest BCUT2D eigenvalue weighted by Gasteiger charge is -2.36. The molecule has 0 bridgehead atoms. The molecule has 2 aromatic rings. The number of nitrogens with zero attached hydrogens (tertiary/aromatic N) is 2. The lowest BCUT2D eigenvalue weighted by molar-refractivity contribution is -0.116. The number of anilines is 2. The van der Waals surface area contributed by atoms with Gasteiger partial charge in [0.05, 0.1) is 0 Å². The van der Waals surface area contributed by atoms with Gasteiger partial charge in [0.2, 0.25) is 5.91 Å². The topological polar surface area (TPSA) is 35.6 Å². The van der Waals surface area contributed by atoms with Gasteiger partial charge < -0.3 is 10.2 Å². The summed E-state index contributed by atoms with van der Waals surface area (Å²) in [6.45, 7) is 4.51. The molecular formula is C23H28ClN3O. The third-order valence-electron chi connectivity index (χ3n) is 5.68. The number of carbonyl (C=O) groups excluding carboxylic acids is 1. The Morgan fingerprint density at radius 3 is 2.29 bits per heavy atom. The maximum Gasteiger partial charge on any atom is 0.224 e. The quantitative estimate of drug-likeness (QED) is 0.742. The number of halogens is 1. The fourth-order valence-electron chi connectivity index (χ4n) is 3.87. The van der Waals surface area contributed by atoms with E-state index in [1.807, 2.05) is 36.4 Å². The zero-order chi connectivity index (χ0) is 19.3. The van der Waals surface area contributed by atoms with Crippen LogP contribution in [0.2, 0.25) is 5.02 Å². The van der Waals surface area contributed by atoms with Gasteiger partial charge in [-0.1, -0.05) is 23.7 Å². The van der Waals surface area contributed by atoms with Crippen LogP contribution in [0.4, 0.5) is 11.4 Å². The molecule has 2 fully saturated rings. The number of hydrogen-bond acceptors (Lipinski definition) is 3. The summed E-state index contributed by atoms with van der Waals surface area (Å²) < 4.78 is 0. The van der Waals surface area contributed by atoms with Crippen LogP contribution in [0.3, 0.4) is 0 Å². The molecule has 0 atom stereocenters. The SMILES string of the molecule is O=C(CCCc1ccc(Cl)cc1)Nc1ccc(N2CCN(C3CC3)CC2)cc1.